The molecule has 19 heavy (non-hydrogen) atoms. The summed E-state index contributed by atoms with van der Waals surface area (Å²) in [5.41, 5.74) is 1.37. The van der Waals surface area contributed by atoms with Crippen molar-refractivity contribution in [3.05, 3.63) is 34.3 Å². The highest BCUT2D eigenvalue weighted by atomic mass is 79.9. The minimum atomic E-state index is 0.217. The number of hydrogen-bond acceptors (Lipinski definition) is 2. The fraction of sp³-hybridized carbons (Fsp3) is 0.533. The average molecular weight is 326 g/mol. The topological polar surface area (TPSA) is 29.5 Å². The summed E-state index contributed by atoms with van der Waals surface area (Å²) in [6.45, 7) is 2.24. The van der Waals surface area contributed by atoms with Crippen LogP contribution in [0.25, 0.3) is 0 Å². The molecule has 1 aromatic carbocycles. The van der Waals surface area contributed by atoms with E-state index in [-0.39, 0.29) is 5.91 Å². The van der Waals surface area contributed by atoms with E-state index < -0.39 is 0 Å². The first-order valence-electron chi connectivity index (χ1n) is 6.73. The maximum atomic E-state index is 11.9. The lowest BCUT2D eigenvalue weighted by atomic mass is 9.89. The third kappa shape index (κ3) is 4.05. The smallest absolute Gasteiger partial charge is 0.224 e. The predicted octanol–water partition coefficient (Wildman–Crippen LogP) is 3.19. The van der Waals surface area contributed by atoms with E-state index in [0.29, 0.717) is 18.9 Å². The molecule has 0 atom stereocenters. The normalized spacial score (nSPS) is 16.6. The number of likely N-dealkylation sites (tertiary alicyclic amines) is 1. The second kappa shape index (κ2) is 7.06. The summed E-state index contributed by atoms with van der Waals surface area (Å²) in [7, 11) is 1.63. The first-order valence-corrected chi connectivity index (χ1v) is 7.52. The molecule has 1 amide bonds. The molecule has 3 nitrogen and oxygen atoms in total. The summed E-state index contributed by atoms with van der Waals surface area (Å²) in [6, 6.07) is 8.49. The quantitative estimate of drug-likeness (QED) is 0.850. The largest absolute Gasteiger partial charge is 0.384 e. The molecule has 104 valence electrons. The maximum absolute atomic E-state index is 11.9. The Morgan fingerprint density at radius 1 is 1.42 bits per heavy atom. The van der Waals surface area contributed by atoms with Crippen LogP contribution in [0.3, 0.4) is 0 Å². The molecule has 2 rings (SSSR count). The van der Waals surface area contributed by atoms with E-state index in [2.05, 4.69) is 34.1 Å². The average Bonchev–Trinajstić information content (AvgIpc) is 2.45. The molecular formula is C15H20BrNO2. The molecule has 1 aromatic rings. The Bertz CT molecular complexity index is 428. The van der Waals surface area contributed by atoms with Crippen LogP contribution in [0.15, 0.2) is 28.7 Å². The van der Waals surface area contributed by atoms with Gasteiger partial charge in [0.1, 0.15) is 0 Å². The van der Waals surface area contributed by atoms with Crippen molar-refractivity contribution in [3.8, 4) is 0 Å². The molecule has 0 unspecified atom stereocenters. The van der Waals surface area contributed by atoms with Crippen LogP contribution in [0.1, 0.15) is 30.7 Å². The summed E-state index contributed by atoms with van der Waals surface area (Å²) in [5.74, 6) is 0.790. The van der Waals surface area contributed by atoms with Crippen LogP contribution in [0.4, 0.5) is 0 Å². The van der Waals surface area contributed by atoms with E-state index in [9.17, 15) is 4.79 Å². The van der Waals surface area contributed by atoms with Crippen LogP contribution in [0.5, 0.6) is 0 Å². The highest BCUT2D eigenvalue weighted by Crippen LogP contribution is 2.29. The molecule has 0 bridgehead atoms. The van der Waals surface area contributed by atoms with Crippen molar-refractivity contribution in [2.75, 3.05) is 26.8 Å². The van der Waals surface area contributed by atoms with Gasteiger partial charge in [0, 0.05) is 24.7 Å². The van der Waals surface area contributed by atoms with Crippen molar-refractivity contribution in [1.82, 2.24) is 4.90 Å². The summed E-state index contributed by atoms with van der Waals surface area (Å²) in [6.07, 6.45) is 2.60. The molecule has 1 aliphatic rings. The van der Waals surface area contributed by atoms with Crippen molar-refractivity contribution >= 4 is 21.8 Å². The number of amides is 1. The fourth-order valence-electron chi connectivity index (χ4n) is 2.57. The van der Waals surface area contributed by atoms with E-state index in [4.69, 9.17) is 4.74 Å². The van der Waals surface area contributed by atoms with Gasteiger partial charge in [0.05, 0.1) is 13.0 Å². The lowest BCUT2D eigenvalue weighted by molar-refractivity contribution is -0.133. The molecular weight excluding hydrogens is 306 g/mol. The Hall–Kier alpha value is -0.870. The number of ether oxygens (including phenoxy) is 1. The number of halogens is 1. The Kier molecular flexibility index (Phi) is 5.40. The van der Waals surface area contributed by atoms with Gasteiger partial charge in [0.2, 0.25) is 5.91 Å². The van der Waals surface area contributed by atoms with Crippen LogP contribution < -0.4 is 0 Å². The second-order valence-electron chi connectivity index (χ2n) is 4.95. The van der Waals surface area contributed by atoms with Crippen molar-refractivity contribution in [2.45, 2.75) is 25.2 Å². The Morgan fingerprint density at radius 2 is 2.16 bits per heavy atom. The van der Waals surface area contributed by atoms with Gasteiger partial charge >= 0.3 is 0 Å². The minimum absolute atomic E-state index is 0.217. The zero-order valence-corrected chi connectivity index (χ0v) is 12.9. The van der Waals surface area contributed by atoms with Gasteiger partial charge in [-0.25, -0.2) is 0 Å². The van der Waals surface area contributed by atoms with Gasteiger partial charge in [-0.2, -0.15) is 0 Å². The van der Waals surface area contributed by atoms with Crippen molar-refractivity contribution < 1.29 is 9.53 Å². The highest BCUT2D eigenvalue weighted by Gasteiger charge is 2.23. The summed E-state index contributed by atoms with van der Waals surface area (Å²) < 4.78 is 6.08. The van der Waals surface area contributed by atoms with Gasteiger partial charge < -0.3 is 9.64 Å². The SMILES string of the molecule is COCCC(=O)N1CCC(c2cccc(Br)c2)CC1. The number of carbonyl (C=O) groups excluding carboxylic acids is 1. The van der Waals surface area contributed by atoms with E-state index in [1.807, 2.05) is 11.0 Å². The first-order chi connectivity index (χ1) is 9.20. The van der Waals surface area contributed by atoms with Crippen molar-refractivity contribution in [2.24, 2.45) is 0 Å². The van der Waals surface area contributed by atoms with Gasteiger partial charge in [0.15, 0.2) is 0 Å². The number of benzene rings is 1. The lowest BCUT2D eigenvalue weighted by Crippen LogP contribution is -2.38. The number of methoxy groups -OCH3 is 1. The van der Waals surface area contributed by atoms with Gasteiger partial charge in [-0.3, -0.25) is 4.79 Å². The van der Waals surface area contributed by atoms with E-state index >= 15 is 0 Å². The molecule has 0 N–H and O–H groups in total. The monoisotopic (exact) mass is 325 g/mol. The zero-order valence-electron chi connectivity index (χ0n) is 11.3. The number of rotatable bonds is 4. The van der Waals surface area contributed by atoms with Gasteiger partial charge in [0.25, 0.3) is 0 Å². The van der Waals surface area contributed by atoms with Crippen molar-refractivity contribution in [1.29, 1.82) is 0 Å². The molecule has 0 spiro atoms. The predicted molar refractivity (Wildman–Crippen MR) is 79.2 cm³/mol. The first kappa shape index (κ1) is 14.5. The van der Waals surface area contributed by atoms with E-state index in [1.165, 1.54) is 5.56 Å². The van der Waals surface area contributed by atoms with E-state index in [1.54, 1.807) is 7.11 Å². The van der Waals surface area contributed by atoms with Crippen molar-refractivity contribution in [3.63, 3.8) is 0 Å². The molecule has 1 aliphatic heterocycles. The van der Waals surface area contributed by atoms with E-state index in [0.717, 1.165) is 30.4 Å². The number of hydrogen-bond donors (Lipinski definition) is 0. The standard InChI is InChI=1S/C15H20BrNO2/c1-19-10-7-15(18)17-8-5-12(6-9-17)13-3-2-4-14(16)11-13/h2-4,11-12H,5-10H2,1H3. The lowest BCUT2D eigenvalue weighted by Gasteiger charge is -2.32. The third-order valence-corrected chi connectivity index (χ3v) is 4.18. The highest BCUT2D eigenvalue weighted by molar-refractivity contribution is 9.10. The number of piperidine rings is 1. The third-order valence-electron chi connectivity index (χ3n) is 3.69. The van der Waals surface area contributed by atoms with Gasteiger partial charge in [-0.15, -0.1) is 0 Å². The number of carbonyl (C=O) groups is 1. The Labute approximate surface area is 123 Å². The molecule has 0 radical (unpaired) electrons. The molecule has 0 saturated carbocycles. The molecule has 1 fully saturated rings. The van der Waals surface area contributed by atoms with Crippen LogP contribution in [0, 0.1) is 0 Å². The number of nitrogens with zero attached hydrogens (tertiary/aromatic N) is 1. The van der Waals surface area contributed by atoms with Crippen LogP contribution in [-0.2, 0) is 9.53 Å². The summed E-state index contributed by atoms with van der Waals surface area (Å²) in [4.78, 5) is 13.9. The molecule has 0 aromatic heterocycles. The summed E-state index contributed by atoms with van der Waals surface area (Å²) in [5, 5.41) is 0. The fourth-order valence-corrected chi connectivity index (χ4v) is 2.99. The second-order valence-corrected chi connectivity index (χ2v) is 5.87. The van der Waals surface area contributed by atoms with Gasteiger partial charge in [-0.05, 0) is 36.5 Å². The van der Waals surface area contributed by atoms with Crippen LogP contribution in [-0.4, -0.2) is 37.6 Å². The maximum Gasteiger partial charge on any atom is 0.224 e. The molecule has 1 heterocycles. The molecule has 0 aliphatic carbocycles. The Balaban J connectivity index is 1.87. The minimum Gasteiger partial charge on any atom is -0.384 e. The van der Waals surface area contributed by atoms with Crippen LogP contribution >= 0.6 is 15.9 Å². The zero-order chi connectivity index (χ0) is 13.7. The Morgan fingerprint density at radius 3 is 2.79 bits per heavy atom. The van der Waals surface area contributed by atoms with Gasteiger partial charge in [-0.1, -0.05) is 28.1 Å². The molecule has 1 saturated heterocycles. The molecule has 4 heteroatoms. The van der Waals surface area contributed by atoms with Crippen LogP contribution in [0.2, 0.25) is 0 Å². The summed E-state index contributed by atoms with van der Waals surface area (Å²) >= 11 is 3.51.